The molecule has 5 atom stereocenters. The lowest BCUT2D eigenvalue weighted by Crippen LogP contribution is -2.49. The van der Waals surface area contributed by atoms with E-state index in [1.807, 2.05) is 0 Å². The molecule has 0 aliphatic heterocycles. The van der Waals surface area contributed by atoms with Crippen LogP contribution in [0, 0.1) is 17.8 Å². The number of nitrogens with zero attached hydrogens (tertiary/aromatic N) is 2. The quantitative estimate of drug-likeness (QED) is 0.372. The summed E-state index contributed by atoms with van der Waals surface area (Å²) in [5.41, 5.74) is -1.90. The van der Waals surface area contributed by atoms with E-state index in [1.54, 1.807) is 33.8 Å². The van der Waals surface area contributed by atoms with E-state index >= 15 is 0 Å². The number of amides is 1. The van der Waals surface area contributed by atoms with Crippen LogP contribution in [0.2, 0.25) is 0 Å². The summed E-state index contributed by atoms with van der Waals surface area (Å²) >= 11 is 0. The number of rotatable bonds is 10. The molecule has 3 rings (SSSR count). The van der Waals surface area contributed by atoms with E-state index in [1.165, 1.54) is 20.3 Å². The van der Waals surface area contributed by atoms with Gasteiger partial charge in [0.05, 0.1) is 38.7 Å². The molecule has 1 amide bonds. The summed E-state index contributed by atoms with van der Waals surface area (Å²) in [5.74, 6) is -2.83. The average molecular weight is 506 g/mol. The van der Waals surface area contributed by atoms with Gasteiger partial charge in [-0.05, 0) is 47.0 Å². The lowest BCUT2D eigenvalue weighted by atomic mass is 9.94. The number of nitrogens with one attached hydrogen (secondary N) is 1. The van der Waals surface area contributed by atoms with E-state index in [9.17, 15) is 14.4 Å². The van der Waals surface area contributed by atoms with E-state index in [0.717, 1.165) is 0 Å². The third-order valence-electron chi connectivity index (χ3n) is 6.19. The monoisotopic (exact) mass is 505 g/mol. The first-order chi connectivity index (χ1) is 17.0. The number of hydrogen-bond acceptors (Lipinski definition) is 10. The van der Waals surface area contributed by atoms with Crippen LogP contribution in [0.1, 0.15) is 47.0 Å². The number of esters is 2. The molecule has 36 heavy (non-hydrogen) atoms. The maximum absolute atomic E-state index is 13.5. The fourth-order valence-corrected chi connectivity index (χ4v) is 4.40. The highest BCUT2D eigenvalue weighted by Gasteiger charge is 2.62. The molecule has 1 N–H and O–H groups in total. The van der Waals surface area contributed by atoms with Gasteiger partial charge in [0, 0.05) is 5.92 Å². The van der Waals surface area contributed by atoms with E-state index < -0.39 is 46.9 Å². The van der Waals surface area contributed by atoms with Gasteiger partial charge in [-0.25, -0.2) is 4.79 Å². The lowest BCUT2D eigenvalue weighted by molar-refractivity contribution is -0.163. The van der Waals surface area contributed by atoms with Crippen molar-refractivity contribution in [3.63, 3.8) is 0 Å². The number of methoxy groups -OCH3 is 2. The maximum atomic E-state index is 13.5. The molecule has 2 aliphatic rings. The Morgan fingerprint density at radius 3 is 2.36 bits per heavy atom. The largest absolute Gasteiger partial charge is 0.481 e. The second kappa shape index (κ2) is 10.7. The van der Waals surface area contributed by atoms with Crippen LogP contribution in [-0.2, 0) is 23.9 Å². The first-order valence-corrected chi connectivity index (χ1v) is 11.9. The summed E-state index contributed by atoms with van der Waals surface area (Å²) in [4.78, 5) is 47.4. The predicted molar refractivity (Wildman–Crippen MR) is 127 cm³/mol. The minimum atomic E-state index is -1.17. The van der Waals surface area contributed by atoms with Gasteiger partial charge in [0.2, 0.25) is 17.7 Å². The van der Waals surface area contributed by atoms with Crippen molar-refractivity contribution in [1.82, 2.24) is 15.3 Å². The fourth-order valence-electron chi connectivity index (χ4n) is 4.40. The van der Waals surface area contributed by atoms with Crippen molar-refractivity contribution < 1.29 is 38.1 Å². The van der Waals surface area contributed by atoms with Crippen molar-refractivity contribution in [2.24, 2.45) is 17.8 Å². The zero-order valence-electron chi connectivity index (χ0n) is 21.7. The Bertz CT molecular complexity index is 985. The highest BCUT2D eigenvalue weighted by Crippen LogP contribution is 2.46. The van der Waals surface area contributed by atoms with Crippen molar-refractivity contribution in [2.45, 2.75) is 64.2 Å². The molecule has 0 unspecified atom stereocenters. The molecule has 1 aromatic heterocycles. The molecular formula is C25H35N3O8. The van der Waals surface area contributed by atoms with Gasteiger partial charge >= 0.3 is 17.9 Å². The average Bonchev–Trinajstić information content (AvgIpc) is 3.37. The number of aromatic nitrogens is 2. The fraction of sp³-hybridized carbons (Fsp3) is 0.640. The Hall–Kier alpha value is -3.37. The van der Waals surface area contributed by atoms with E-state index in [4.69, 9.17) is 23.7 Å². The van der Waals surface area contributed by atoms with Crippen LogP contribution in [0.15, 0.2) is 18.7 Å². The van der Waals surface area contributed by atoms with Gasteiger partial charge < -0.3 is 29.0 Å². The van der Waals surface area contributed by atoms with Crippen molar-refractivity contribution >= 4 is 17.8 Å². The van der Waals surface area contributed by atoms with Gasteiger partial charge in [0.15, 0.2) is 0 Å². The molecule has 1 aromatic rings. The van der Waals surface area contributed by atoms with E-state index in [2.05, 4.69) is 21.9 Å². The minimum absolute atomic E-state index is 0.0564. The first-order valence-electron chi connectivity index (χ1n) is 11.9. The highest BCUT2D eigenvalue weighted by atomic mass is 16.6. The molecule has 0 saturated heterocycles. The smallest absolute Gasteiger partial charge is 0.332 e. The molecule has 0 radical (unpaired) electrons. The zero-order valence-corrected chi connectivity index (χ0v) is 21.7. The molecule has 2 saturated carbocycles. The molecule has 2 fully saturated rings. The predicted octanol–water partition coefficient (Wildman–Crippen LogP) is 2.23. The maximum Gasteiger partial charge on any atom is 0.332 e. The Morgan fingerprint density at radius 1 is 1.14 bits per heavy atom. The van der Waals surface area contributed by atoms with Crippen molar-refractivity contribution in [3.8, 4) is 17.8 Å². The lowest BCUT2D eigenvalue weighted by Gasteiger charge is -2.25. The van der Waals surface area contributed by atoms with Gasteiger partial charge in [-0.15, -0.1) is 6.58 Å². The second-order valence-corrected chi connectivity index (χ2v) is 9.92. The van der Waals surface area contributed by atoms with Crippen LogP contribution in [0.4, 0.5) is 0 Å². The van der Waals surface area contributed by atoms with E-state index in [0.29, 0.717) is 6.42 Å². The Balaban J connectivity index is 1.82. The summed E-state index contributed by atoms with van der Waals surface area (Å²) in [6.45, 7) is 10.9. The number of hydrogen-bond donors (Lipinski definition) is 1. The van der Waals surface area contributed by atoms with Gasteiger partial charge in [-0.3, -0.25) is 9.59 Å². The number of ether oxygens (including phenoxy) is 5. The van der Waals surface area contributed by atoms with Crippen LogP contribution in [0.25, 0.3) is 0 Å². The Morgan fingerprint density at radius 2 is 1.81 bits per heavy atom. The summed E-state index contributed by atoms with van der Waals surface area (Å²) in [6.07, 6.45) is 1.92. The third-order valence-corrected chi connectivity index (χ3v) is 6.19. The summed E-state index contributed by atoms with van der Waals surface area (Å²) in [5, 5.41) is 2.85. The second-order valence-electron chi connectivity index (χ2n) is 9.92. The summed E-state index contributed by atoms with van der Waals surface area (Å²) < 4.78 is 27.1. The topological polar surface area (TPSA) is 135 Å². The third kappa shape index (κ3) is 6.06. The van der Waals surface area contributed by atoms with Gasteiger partial charge in [-0.1, -0.05) is 6.08 Å². The van der Waals surface area contributed by atoms with Crippen LogP contribution in [0.3, 0.4) is 0 Å². The molecule has 11 heteroatoms. The van der Waals surface area contributed by atoms with Crippen LogP contribution in [0.5, 0.6) is 17.8 Å². The Labute approximate surface area is 210 Å². The van der Waals surface area contributed by atoms with Crippen molar-refractivity contribution in [1.29, 1.82) is 0 Å². The molecule has 198 valence electrons. The van der Waals surface area contributed by atoms with Gasteiger partial charge in [-0.2, -0.15) is 9.97 Å². The van der Waals surface area contributed by atoms with Crippen molar-refractivity contribution in [3.05, 3.63) is 18.7 Å². The normalized spacial score (nSPS) is 26.9. The first kappa shape index (κ1) is 27.2. The molecule has 0 aromatic carbocycles. The van der Waals surface area contributed by atoms with E-state index in [-0.39, 0.29) is 43.1 Å². The summed E-state index contributed by atoms with van der Waals surface area (Å²) in [6, 6.07) is 1.55. The number of carbonyl (C=O) groups excluding carboxylic acids is 3. The van der Waals surface area contributed by atoms with Gasteiger partial charge in [0.1, 0.15) is 17.2 Å². The molecule has 0 spiro atoms. The van der Waals surface area contributed by atoms with Crippen LogP contribution < -0.4 is 19.5 Å². The van der Waals surface area contributed by atoms with Crippen molar-refractivity contribution in [2.75, 3.05) is 20.8 Å². The molecular weight excluding hydrogens is 470 g/mol. The molecule has 11 nitrogen and oxygen atoms in total. The SMILES string of the molecule is C=C[C@@H]1C[C@]1(NC(=O)[C@@H]1C[C@@H](Oc2cc(OC)nc(OC)n2)C[C@H]1C(=O)OC(C)(C)C)C(=O)OCC. The molecule has 2 aliphatic carbocycles. The Kier molecular flexibility index (Phi) is 8.10. The molecule has 0 bridgehead atoms. The van der Waals surface area contributed by atoms with Crippen LogP contribution in [-0.4, -0.2) is 65.9 Å². The minimum Gasteiger partial charge on any atom is -0.481 e. The van der Waals surface area contributed by atoms with Crippen LogP contribution >= 0.6 is 0 Å². The summed E-state index contributed by atoms with van der Waals surface area (Å²) in [7, 11) is 2.87. The zero-order chi connectivity index (χ0) is 26.7. The highest BCUT2D eigenvalue weighted by molar-refractivity contribution is 5.94. The van der Waals surface area contributed by atoms with Gasteiger partial charge in [0.25, 0.3) is 0 Å². The number of carbonyl (C=O) groups is 3. The standard InChI is InChI=1S/C25H35N3O8/c1-8-14-13-25(14,22(31)34-9-2)28-20(29)16-10-15(11-17(16)21(30)36-24(3,4)5)35-19-12-18(32-6)26-23(27-19)33-7/h8,12,14-17H,1,9-11,13H2,2-7H3,(H,28,29)/t14-,15-,16-,17-,25-/m1/s1. The molecule has 1 heterocycles.